The standard InChI is InChI=1S/C23H26N4O9/c1-25(2)11-7-12(27(35)36)17(28)14-9(11)5-8-6-10-16(26(3)4)19(30)15(22(24)33)21(32)23(10,34)20(31)13(8)18(14)29/h7-8,10,16,28-29,32,34H,5-6H2,1-4H3,(H2,24,33)/t8-,10-,16-,23-/m1/s1. The first-order valence-corrected chi connectivity index (χ1v) is 11.0. The van der Waals surface area contributed by atoms with E-state index in [4.69, 9.17) is 5.73 Å². The van der Waals surface area contributed by atoms with Gasteiger partial charge in [-0.25, -0.2) is 0 Å². The van der Waals surface area contributed by atoms with Crippen molar-refractivity contribution < 1.29 is 39.7 Å². The summed E-state index contributed by atoms with van der Waals surface area (Å²) in [5, 5.41) is 55.8. The molecule has 1 amide bonds. The highest BCUT2D eigenvalue weighted by Gasteiger charge is 2.64. The highest BCUT2D eigenvalue weighted by Crippen LogP contribution is 2.54. The molecule has 36 heavy (non-hydrogen) atoms. The second-order valence-corrected chi connectivity index (χ2v) is 9.73. The number of ketones is 2. The molecule has 0 saturated heterocycles. The number of likely N-dealkylation sites (N-methyl/N-ethyl adjacent to an activating group) is 1. The van der Waals surface area contributed by atoms with Gasteiger partial charge in [-0.1, -0.05) is 0 Å². The van der Waals surface area contributed by atoms with Crippen molar-refractivity contribution in [2.45, 2.75) is 24.5 Å². The first-order chi connectivity index (χ1) is 16.7. The Kier molecular flexibility index (Phi) is 5.61. The Morgan fingerprint density at radius 1 is 1.19 bits per heavy atom. The number of hydrogen-bond donors (Lipinski definition) is 5. The van der Waals surface area contributed by atoms with Crippen molar-refractivity contribution in [1.29, 1.82) is 0 Å². The van der Waals surface area contributed by atoms with Crippen molar-refractivity contribution in [3.05, 3.63) is 44.2 Å². The maximum atomic E-state index is 13.8. The minimum atomic E-state index is -2.77. The van der Waals surface area contributed by atoms with E-state index in [0.717, 1.165) is 6.07 Å². The van der Waals surface area contributed by atoms with Crippen LogP contribution >= 0.6 is 0 Å². The lowest BCUT2D eigenvalue weighted by atomic mass is 9.57. The highest BCUT2D eigenvalue weighted by molar-refractivity contribution is 6.24. The van der Waals surface area contributed by atoms with Crippen molar-refractivity contribution in [2.75, 3.05) is 33.1 Å². The summed E-state index contributed by atoms with van der Waals surface area (Å²) < 4.78 is 0. The number of hydrogen-bond acceptors (Lipinski definition) is 11. The summed E-state index contributed by atoms with van der Waals surface area (Å²) in [6, 6.07) is -0.0329. The second-order valence-electron chi connectivity index (χ2n) is 9.73. The third-order valence-corrected chi connectivity index (χ3v) is 7.36. The van der Waals surface area contributed by atoms with Gasteiger partial charge in [0.05, 0.1) is 16.5 Å². The fourth-order valence-corrected chi connectivity index (χ4v) is 5.82. The normalized spacial score (nSPS) is 27.6. The number of nitrogens with zero attached hydrogens (tertiary/aromatic N) is 3. The molecule has 0 bridgehead atoms. The number of primary amides is 1. The number of carbonyl (C=O) groups excluding carboxylic acids is 3. The first-order valence-electron chi connectivity index (χ1n) is 11.0. The number of amides is 1. The van der Waals surface area contributed by atoms with Gasteiger partial charge in [0, 0.05) is 37.3 Å². The average molecular weight is 502 g/mol. The van der Waals surface area contributed by atoms with E-state index in [2.05, 4.69) is 0 Å². The molecule has 4 rings (SSSR count). The Hall–Kier alpha value is -3.97. The van der Waals surface area contributed by atoms with Crippen LogP contribution < -0.4 is 10.6 Å². The molecule has 0 aliphatic heterocycles. The molecule has 13 heteroatoms. The van der Waals surface area contributed by atoms with Crippen LogP contribution in [0.25, 0.3) is 5.76 Å². The number of Topliss-reactive ketones (excluding diaryl/α,β-unsaturated/α-hetero) is 2. The lowest BCUT2D eigenvalue weighted by Gasteiger charge is -2.50. The molecule has 0 radical (unpaired) electrons. The fraction of sp³-hybridized carbons (Fsp3) is 0.435. The predicted molar refractivity (Wildman–Crippen MR) is 125 cm³/mol. The zero-order valence-electron chi connectivity index (χ0n) is 20.0. The van der Waals surface area contributed by atoms with Gasteiger partial charge >= 0.3 is 5.69 Å². The van der Waals surface area contributed by atoms with Crippen molar-refractivity contribution in [3.8, 4) is 5.75 Å². The fourth-order valence-electron chi connectivity index (χ4n) is 5.82. The van der Waals surface area contributed by atoms with Crippen LogP contribution in [0.15, 0.2) is 23.0 Å². The molecule has 0 aromatic heterocycles. The summed E-state index contributed by atoms with van der Waals surface area (Å²) in [5.74, 6) is -8.16. The molecule has 0 heterocycles. The number of fused-ring (bicyclic) bond motifs is 3. The minimum Gasteiger partial charge on any atom is -0.508 e. The van der Waals surface area contributed by atoms with Crippen LogP contribution in [0, 0.1) is 22.0 Å². The van der Waals surface area contributed by atoms with E-state index in [0.29, 0.717) is 11.3 Å². The van der Waals surface area contributed by atoms with E-state index in [9.17, 15) is 44.9 Å². The largest absolute Gasteiger partial charge is 0.508 e. The molecule has 0 unspecified atom stereocenters. The molecule has 3 aliphatic carbocycles. The summed E-state index contributed by atoms with van der Waals surface area (Å²) in [6.07, 6.45) is -0.0377. The molecule has 4 atom stereocenters. The number of aliphatic hydroxyl groups is 3. The minimum absolute atomic E-state index is 0.0353. The summed E-state index contributed by atoms with van der Waals surface area (Å²) in [6.45, 7) is 0. The second kappa shape index (κ2) is 8.03. The first kappa shape index (κ1) is 25.1. The lowest BCUT2D eigenvalue weighted by Crippen LogP contribution is -2.65. The maximum absolute atomic E-state index is 13.8. The van der Waals surface area contributed by atoms with Crippen molar-refractivity contribution in [3.63, 3.8) is 0 Å². The molecule has 1 fully saturated rings. The molecule has 13 nitrogen and oxygen atoms in total. The summed E-state index contributed by atoms with van der Waals surface area (Å²) in [7, 11) is 6.25. The van der Waals surface area contributed by atoms with Gasteiger partial charge in [-0.2, -0.15) is 0 Å². The van der Waals surface area contributed by atoms with Gasteiger partial charge in [0.15, 0.2) is 11.4 Å². The highest BCUT2D eigenvalue weighted by atomic mass is 16.6. The Morgan fingerprint density at radius 2 is 1.81 bits per heavy atom. The van der Waals surface area contributed by atoms with E-state index in [1.807, 2.05) is 0 Å². The van der Waals surface area contributed by atoms with E-state index in [-0.39, 0.29) is 24.0 Å². The Bertz CT molecular complexity index is 1310. The van der Waals surface area contributed by atoms with E-state index in [1.54, 1.807) is 19.0 Å². The van der Waals surface area contributed by atoms with Crippen molar-refractivity contribution >= 4 is 34.6 Å². The number of rotatable bonds is 4. The predicted octanol–water partition coefficient (Wildman–Crippen LogP) is -0.0618. The molecule has 1 aromatic rings. The van der Waals surface area contributed by atoms with Gasteiger partial charge in [0.2, 0.25) is 11.5 Å². The van der Waals surface area contributed by atoms with Gasteiger partial charge in [0.25, 0.3) is 5.91 Å². The number of aromatic hydroxyl groups is 1. The van der Waals surface area contributed by atoms with Crippen LogP contribution in [-0.4, -0.2) is 87.6 Å². The van der Waals surface area contributed by atoms with Gasteiger partial charge < -0.3 is 31.1 Å². The topological polar surface area (TPSA) is 208 Å². The number of anilines is 1. The van der Waals surface area contributed by atoms with Crippen LogP contribution in [0.1, 0.15) is 17.5 Å². The van der Waals surface area contributed by atoms with Gasteiger partial charge in [-0.05, 0) is 38.4 Å². The van der Waals surface area contributed by atoms with Crippen LogP contribution in [0.2, 0.25) is 0 Å². The third-order valence-electron chi connectivity index (χ3n) is 7.36. The molecular weight excluding hydrogens is 476 g/mol. The van der Waals surface area contributed by atoms with Crippen LogP contribution in [0.5, 0.6) is 5.75 Å². The Labute approximate surface area is 204 Å². The number of nitrogens with two attached hydrogens (primary N) is 1. The number of phenolic OH excluding ortho intramolecular Hbond substituents is 1. The third kappa shape index (κ3) is 3.12. The zero-order chi connectivity index (χ0) is 27.0. The maximum Gasteiger partial charge on any atom is 0.313 e. The molecule has 3 aliphatic rings. The summed E-state index contributed by atoms with van der Waals surface area (Å²) >= 11 is 0. The van der Waals surface area contributed by atoms with Gasteiger partial charge in [0.1, 0.15) is 17.1 Å². The SMILES string of the molecule is CN(C)c1cc([N+](=O)[O-])c(O)c2c1C[C@@H]1C[C@@H]3[C@@H](N(C)C)C(=O)C(C(N)=O)=C(O)[C@]3(O)C(=O)C1=C2O. The van der Waals surface area contributed by atoms with Gasteiger partial charge in [-0.3, -0.25) is 29.4 Å². The van der Waals surface area contributed by atoms with Crippen molar-refractivity contribution in [1.82, 2.24) is 4.90 Å². The van der Waals surface area contributed by atoms with Gasteiger partial charge in [-0.15, -0.1) is 0 Å². The van der Waals surface area contributed by atoms with E-state index in [1.165, 1.54) is 19.0 Å². The molecule has 6 N–H and O–H groups in total. The number of benzene rings is 1. The number of carbonyl (C=O) groups is 3. The molecule has 192 valence electrons. The number of nitro groups is 1. The summed E-state index contributed by atoms with van der Waals surface area (Å²) in [4.78, 5) is 52.5. The van der Waals surface area contributed by atoms with Crippen LogP contribution in [0.4, 0.5) is 11.4 Å². The lowest BCUT2D eigenvalue weighted by molar-refractivity contribution is -0.385. The Morgan fingerprint density at radius 3 is 2.31 bits per heavy atom. The van der Waals surface area contributed by atoms with E-state index >= 15 is 0 Å². The van der Waals surface area contributed by atoms with Crippen LogP contribution in [-0.2, 0) is 20.8 Å². The molecule has 0 spiro atoms. The Balaban J connectivity index is 2.03. The van der Waals surface area contributed by atoms with Crippen LogP contribution in [0.3, 0.4) is 0 Å². The quantitative estimate of drug-likeness (QED) is 0.209. The van der Waals surface area contributed by atoms with E-state index < -0.39 is 74.4 Å². The molecule has 1 aromatic carbocycles. The zero-order valence-corrected chi connectivity index (χ0v) is 20.0. The molecular formula is C23H26N4O9. The smallest absolute Gasteiger partial charge is 0.313 e. The summed E-state index contributed by atoms with van der Waals surface area (Å²) in [5.41, 5.74) is 0.875. The monoisotopic (exact) mass is 502 g/mol. The average Bonchev–Trinajstić information content (AvgIpc) is 2.75. The number of nitro benzene ring substituents is 1. The number of aliphatic hydroxyl groups excluding tert-OH is 2. The number of phenols is 1. The van der Waals surface area contributed by atoms with Crippen molar-refractivity contribution in [2.24, 2.45) is 17.6 Å². The molecule has 1 saturated carbocycles.